The van der Waals surface area contributed by atoms with E-state index >= 15 is 0 Å². The molecule has 100 valence electrons. The highest BCUT2D eigenvalue weighted by Gasteiger charge is 2.26. The lowest BCUT2D eigenvalue weighted by molar-refractivity contribution is 0.0845. The Bertz CT molecular complexity index is 435. The zero-order chi connectivity index (χ0) is 13.3. The number of piperidine rings is 1. The Labute approximate surface area is 110 Å². The number of hydrogen-bond donors (Lipinski definition) is 1. The van der Waals surface area contributed by atoms with Crippen LogP contribution in [0.25, 0.3) is 0 Å². The van der Waals surface area contributed by atoms with Gasteiger partial charge in [0.05, 0.1) is 6.54 Å². The van der Waals surface area contributed by atoms with E-state index in [4.69, 9.17) is 0 Å². The summed E-state index contributed by atoms with van der Waals surface area (Å²) in [6.07, 6.45) is 2.37. The van der Waals surface area contributed by atoms with Crippen molar-refractivity contribution in [1.82, 2.24) is 9.88 Å². The number of hydrogen-bond acceptors (Lipinski definition) is 2. The molecule has 0 aromatic carbocycles. The van der Waals surface area contributed by atoms with E-state index in [0.717, 1.165) is 30.0 Å². The maximum atomic E-state index is 12.2. The highest BCUT2D eigenvalue weighted by Crippen LogP contribution is 2.29. The van der Waals surface area contributed by atoms with Crippen LogP contribution in [-0.4, -0.2) is 35.3 Å². The number of Topliss-reactive ketones (excluding diaryl/α,β-unsaturated/α-hetero) is 1. The summed E-state index contributed by atoms with van der Waals surface area (Å²) >= 11 is 0. The fourth-order valence-corrected chi connectivity index (χ4v) is 2.62. The number of H-pyrrole nitrogens is 1. The minimum Gasteiger partial charge on any atom is -0.362 e. The molecule has 0 unspecified atom stereocenters. The smallest absolute Gasteiger partial charge is 0.178 e. The molecule has 0 radical (unpaired) electrons. The van der Waals surface area contributed by atoms with Crippen molar-refractivity contribution in [3.8, 4) is 0 Å². The summed E-state index contributed by atoms with van der Waals surface area (Å²) in [5.74, 6) is 0.247. The number of aryl methyl sites for hydroxylation is 2. The van der Waals surface area contributed by atoms with Crippen LogP contribution < -0.4 is 0 Å². The molecule has 1 aromatic heterocycles. The van der Waals surface area contributed by atoms with Crippen LogP contribution in [0, 0.1) is 19.3 Å². The third kappa shape index (κ3) is 3.02. The molecule has 0 amide bonds. The molecule has 0 aliphatic carbocycles. The number of likely N-dealkylation sites (tertiary alicyclic amines) is 1. The van der Waals surface area contributed by atoms with Gasteiger partial charge in [-0.3, -0.25) is 9.69 Å². The Hall–Kier alpha value is -1.09. The van der Waals surface area contributed by atoms with Gasteiger partial charge in [-0.2, -0.15) is 0 Å². The van der Waals surface area contributed by atoms with Crippen molar-refractivity contribution in [3.63, 3.8) is 0 Å². The minimum absolute atomic E-state index is 0.247. The number of aromatic nitrogens is 1. The molecule has 0 bridgehead atoms. The molecule has 3 heteroatoms. The number of carbonyl (C=O) groups excluding carboxylic acids is 1. The molecule has 1 saturated heterocycles. The van der Waals surface area contributed by atoms with Gasteiger partial charge in [0, 0.05) is 17.0 Å². The molecule has 3 nitrogen and oxygen atoms in total. The van der Waals surface area contributed by atoms with Crippen molar-refractivity contribution in [2.75, 3.05) is 19.6 Å². The highest BCUT2D eigenvalue weighted by atomic mass is 16.1. The van der Waals surface area contributed by atoms with E-state index < -0.39 is 0 Å². The molecule has 0 atom stereocenters. The van der Waals surface area contributed by atoms with Gasteiger partial charge in [-0.25, -0.2) is 0 Å². The standard InChI is InChI=1S/C15H24N2O/c1-11-9-13(12(2)16-11)14(18)10-17-7-5-15(3,4)6-8-17/h9,16H,5-8,10H2,1-4H3. The van der Waals surface area contributed by atoms with E-state index in [1.54, 1.807) is 0 Å². The van der Waals surface area contributed by atoms with Gasteiger partial charge in [0.25, 0.3) is 0 Å². The predicted molar refractivity (Wildman–Crippen MR) is 74.1 cm³/mol. The molecule has 1 aliphatic rings. The van der Waals surface area contributed by atoms with Crippen LogP contribution in [0.4, 0.5) is 0 Å². The SMILES string of the molecule is Cc1cc(C(=O)CN2CCC(C)(C)CC2)c(C)[nH]1. The number of rotatable bonds is 3. The molecule has 18 heavy (non-hydrogen) atoms. The number of carbonyl (C=O) groups is 1. The minimum atomic E-state index is 0.247. The van der Waals surface area contributed by atoms with Gasteiger partial charge in [0.15, 0.2) is 5.78 Å². The fourth-order valence-electron chi connectivity index (χ4n) is 2.62. The van der Waals surface area contributed by atoms with Crippen LogP contribution in [-0.2, 0) is 0 Å². The summed E-state index contributed by atoms with van der Waals surface area (Å²) < 4.78 is 0. The van der Waals surface area contributed by atoms with Crippen molar-refractivity contribution in [3.05, 3.63) is 23.0 Å². The first-order valence-electron chi connectivity index (χ1n) is 6.79. The normalized spacial score (nSPS) is 20.0. The lowest BCUT2D eigenvalue weighted by Crippen LogP contribution is -2.40. The zero-order valence-corrected chi connectivity index (χ0v) is 12.0. The van der Waals surface area contributed by atoms with Crippen LogP contribution in [0.15, 0.2) is 6.07 Å². The van der Waals surface area contributed by atoms with E-state index in [0.29, 0.717) is 12.0 Å². The molecule has 1 aliphatic heterocycles. The summed E-state index contributed by atoms with van der Waals surface area (Å²) in [7, 11) is 0. The monoisotopic (exact) mass is 248 g/mol. The van der Waals surface area contributed by atoms with Crippen molar-refractivity contribution in [1.29, 1.82) is 0 Å². The second-order valence-electron chi connectivity index (χ2n) is 6.35. The quantitative estimate of drug-likeness (QED) is 0.835. The molecular formula is C15H24N2O. The van der Waals surface area contributed by atoms with Crippen LogP contribution in [0.3, 0.4) is 0 Å². The first-order chi connectivity index (χ1) is 8.37. The lowest BCUT2D eigenvalue weighted by atomic mass is 9.82. The Kier molecular flexibility index (Phi) is 3.62. The maximum absolute atomic E-state index is 12.2. The lowest BCUT2D eigenvalue weighted by Gasteiger charge is -2.36. The van der Waals surface area contributed by atoms with Crippen molar-refractivity contribution < 1.29 is 4.79 Å². The Morgan fingerprint density at radius 2 is 1.94 bits per heavy atom. The van der Waals surface area contributed by atoms with Gasteiger partial charge < -0.3 is 4.98 Å². The van der Waals surface area contributed by atoms with E-state index in [1.165, 1.54) is 12.8 Å². The molecule has 1 N–H and O–H groups in total. The van der Waals surface area contributed by atoms with E-state index in [9.17, 15) is 4.79 Å². The van der Waals surface area contributed by atoms with Crippen molar-refractivity contribution >= 4 is 5.78 Å². The molecule has 1 fully saturated rings. The summed E-state index contributed by atoms with van der Waals surface area (Å²) in [6, 6.07) is 1.96. The predicted octanol–water partition coefficient (Wildman–Crippen LogP) is 2.94. The second kappa shape index (κ2) is 4.88. The van der Waals surface area contributed by atoms with Gasteiger partial charge in [0.1, 0.15) is 0 Å². The van der Waals surface area contributed by atoms with E-state index in [-0.39, 0.29) is 5.78 Å². The zero-order valence-electron chi connectivity index (χ0n) is 12.0. The van der Waals surface area contributed by atoms with Crippen molar-refractivity contribution in [2.45, 2.75) is 40.5 Å². The Morgan fingerprint density at radius 3 is 2.44 bits per heavy atom. The summed E-state index contributed by atoms with van der Waals surface area (Å²) in [5, 5.41) is 0. The highest BCUT2D eigenvalue weighted by molar-refractivity contribution is 5.98. The van der Waals surface area contributed by atoms with Crippen molar-refractivity contribution in [2.24, 2.45) is 5.41 Å². The topological polar surface area (TPSA) is 36.1 Å². The van der Waals surface area contributed by atoms with Gasteiger partial charge in [0.2, 0.25) is 0 Å². The van der Waals surface area contributed by atoms with Gasteiger partial charge >= 0.3 is 0 Å². The second-order valence-corrected chi connectivity index (χ2v) is 6.35. The number of nitrogens with zero attached hydrogens (tertiary/aromatic N) is 1. The van der Waals surface area contributed by atoms with Crippen LogP contribution in [0.1, 0.15) is 48.4 Å². The average Bonchev–Trinajstić information content (AvgIpc) is 2.61. The third-order valence-corrected chi connectivity index (χ3v) is 4.03. The fraction of sp³-hybridized carbons (Fsp3) is 0.667. The number of aromatic amines is 1. The Morgan fingerprint density at radius 1 is 1.33 bits per heavy atom. The number of ketones is 1. The third-order valence-electron chi connectivity index (χ3n) is 4.03. The van der Waals surface area contributed by atoms with Crippen LogP contribution in [0.5, 0.6) is 0 Å². The first kappa shape index (κ1) is 13.3. The van der Waals surface area contributed by atoms with Gasteiger partial charge in [-0.1, -0.05) is 13.8 Å². The summed E-state index contributed by atoms with van der Waals surface area (Å²) in [5.41, 5.74) is 3.36. The van der Waals surface area contributed by atoms with E-state index in [2.05, 4.69) is 23.7 Å². The number of nitrogens with one attached hydrogen (secondary N) is 1. The first-order valence-corrected chi connectivity index (χ1v) is 6.79. The molecule has 2 heterocycles. The molecule has 1 aromatic rings. The molecule has 0 saturated carbocycles. The maximum Gasteiger partial charge on any atom is 0.178 e. The van der Waals surface area contributed by atoms with E-state index in [1.807, 2.05) is 19.9 Å². The van der Waals surface area contributed by atoms with Crippen LogP contribution in [0.2, 0.25) is 0 Å². The van der Waals surface area contributed by atoms with Crippen LogP contribution >= 0.6 is 0 Å². The average molecular weight is 248 g/mol. The Balaban J connectivity index is 1.95. The van der Waals surface area contributed by atoms with Gasteiger partial charge in [-0.15, -0.1) is 0 Å². The summed E-state index contributed by atoms with van der Waals surface area (Å²) in [6.45, 7) is 11.2. The molecular weight excluding hydrogens is 224 g/mol. The van der Waals surface area contributed by atoms with Gasteiger partial charge in [-0.05, 0) is 51.3 Å². The molecule has 2 rings (SSSR count). The molecule has 0 spiro atoms. The summed E-state index contributed by atoms with van der Waals surface area (Å²) in [4.78, 5) is 17.7. The largest absolute Gasteiger partial charge is 0.362 e.